The average molecular weight is 490 g/mol. The van der Waals surface area contributed by atoms with Crippen molar-refractivity contribution in [2.24, 2.45) is 0 Å². The molecule has 1 aromatic heterocycles. The SMILES string of the molecule is N#Cc1c(-c2ccnn2C2CCCCO2)c(CCCCCO)cc2cc3cc4ccccc4cc3cc12. The molecular formula is C32H31N3O2. The topological polar surface area (TPSA) is 71.1 Å². The molecule has 0 radical (unpaired) electrons. The van der Waals surface area contributed by atoms with Crippen LogP contribution in [0.15, 0.2) is 66.9 Å². The summed E-state index contributed by atoms with van der Waals surface area (Å²) >= 11 is 0. The van der Waals surface area contributed by atoms with Crippen molar-refractivity contribution < 1.29 is 9.84 Å². The fourth-order valence-corrected chi connectivity index (χ4v) is 5.77. The smallest absolute Gasteiger partial charge is 0.150 e. The van der Waals surface area contributed by atoms with E-state index >= 15 is 0 Å². The highest BCUT2D eigenvalue weighted by atomic mass is 16.5. The minimum absolute atomic E-state index is 0.105. The molecule has 4 aromatic carbocycles. The van der Waals surface area contributed by atoms with Gasteiger partial charge < -0.3 is 9.84 Å². The highest BCUT2D eigenvalue weighted by Gasteiger charge is 2.24. The molecule has 6 rings (SSSR count). The number of fused-ring (bicyclic) bond motifs is 3. The van der Waals surface area contributed by atoms with E-state index in [1.165, 1.54) is 16.2 Å². The number of hydrogen-bond donors (Lipinski definition) is 1. The van der Waals surface area contributed by atoms with Crippen molar-refractivity contribution in [1.29, 1.82) is 5.26 Å². The Morgan fingerprint density at radius 3 is 2.43 bits per heavy atom. The van der Waals surface area contributed by atoms with Gasteiger partial charge in [-0.05, 0) is 101 Å². The first kappa shape index (κ1) is 23.7. The molecule has 5 heteroatoms. The van der Waals surface area contributed by atoms with Gasteiger partial charge in [0.15, 0.2) is 6.23 Å². The van der Waals surface area contributed by atoms with Gasteiger partial charge in [-0.25, -0.2) is 4.68 Å². The number of unbranched alkanes of at least 4 members (excludes halogenated alkanes) is 2. The lowest BCUT2D eigenvalue weighted by molar-refractivity contribution is -0.0383. The van der Waals surface area contributed by atoms with Crippen LogP contribution in [0.2, 0.25) is 0 Å². The molecule has 0 saturated carbocycles. The third-order valence-corrected chi connectivity index (χ3v) is 7.61. The zero-order chi connectivity index (χ0) is 25.2. The number of aliphatic hydroxyl groups excluding tert-OH is 1. The van der Waals surface area contributed by atoms with E-state index in [1.807, 2.05) is 16.9 Å². The molecule has 0 aliphatic carbocycles. The van der Waals surface area contributed by atoms with E-state index in [-0.39, 0.29) is 12.8 Å². The first-order valence-corrected chi connectivity index (χ1v) is 13.4. The van der Waals surface area contributed by atoms with E-state index < -0.39 is 0 Å². The molecule has 186 valence electrons. The second-order valence-electron chi connectivity index (χ2n) is 10.0. The number of aliphatic hydroxyl groups is 1. The number of aromatic nitrogens is 2. The van der Waals surface area contributed by atoms with Crippen molar-refractivity contribution in [1.82, 2.24) is 9.78 Å². The fourth-order valence-electron chi connectivity index (χ4n) is 5.77. The van der Waals surface area contributed by atoms with Gasteiger partial charge in [0.25, 0.3) is 0 Å². The predicted molar refractivity (Wildman–Crippen MR) is 148 cm³/mol. The maximum Gasteiger partial charge on any atom is 0.150 e. The molecule has 1 fully saturated rings. The van der Waals surface area contributed by atoms with Crippen molar-refractivity contribution in [2.75, 3.05) is 13.2 Å². The van der Waals surface area contributed by atoms with E-state index in [2.05, 4.69) is 65.8 Å². The molecule has 1 atom stereocenters. The summed E-state index contributed by atoms with van der Waals surface area (Å²) in [6, 6.07) is 24.1. The first-order valence-electron chi connectivity index (χ1n) is 13.4. The summed E-state index contributed by atoms with van der Waals surface area (Å²) in [5.41, 5.74) is 3.76. The second-order valence-corrected chi connectivity index (χ2v) is 10.0. The summed E-state index contributed by atoms with van der Waals surface area (Å²) in [5, 5.41) is 31.3. The molecule has 1 unspecified atom stereocenters. The Labute approximate surface area is 216 Å². The van der Waals surface area contributed by atoms with Crippen LogP contribution in [-0.2, 0) is 11.2 Å². The van der Waals surface area contributed by atoms with E-state index in [4.69, 9.17) is 4.74 Å². The molecule has 2 heterocycles. The highest BCUT2D eigenvalue weighted by molar-refractivity contribution is 6.07. The molecule has 0 amide bonds. The van der Waals surface area contributed by atoms with Crippen LogP contribution in [0.3, 0.4) is 0 Å². The Morgan fingerprint density at radius 2 is 1.70 bits per heavy atom. The predicted octanol–water partition coefficient (Wildman–Crippen LogP) is 7.29. The van der Waals surface area contributed by atoms with Gasteiger partial charge in [0, 0.05) is 30.4 Å². The number of hydrogen-bond acceptors (Lipinski definition) is 4. The van der Waals surface area contributed by atoms with Gasteiger partial charge in [-0.15, -0.1) is 0 Å². The summed E-state index contributed by atoms with van der Waals surface area (Å²) in [6.07, 6.45) is 8.36. The third-order valence-electron chi connectivity index (χ3n) is 7.61. The summed E-state index contributed by atoms with van der Waals surface area (Å²) in [6.45, 7) is 0.945. The van der Waals surface area contributed by atoms with Crippen LogP contribution in [0.5, 0.6) is 0 Å². The van der Waals surface area contributed by atoms with E-state index in [1.54, 1.807) is 0 Å². The lowest BCUT2D eigenvalue weighted by Crippen LogP contribution is -2.20. The number of aryl methyl sites for hydroxylation is 1. The van der Waals surface area contributed by atoms with Gasteiger partial charge in [-0.2, -0.15) is 10.4 Å². The average Bonchev–Trinajstić information content (AvgIpc) is 3.42. The van der Waals surface area contributed by atoms with Crippen LogP contribution >= 0.6 is 0 Å². The van der Waals surface area contributed by atoms with Crippen LogP contribution in [0.4, 0.5) is 0 Å². The summed E-state index contributed by atoms with van der Waals surface area (Å²) in [5.74, 6) is 0. The lowest BCUT2D eigenvalue weighted by atomic mass is 9.88. The van der Waals surface area contributed by atoms with Gasteiger partial charge >= 0.3 is 0 Å². The van der Waals surface area contributed by atoms with Crippen LogP contribution in [0.25, 0.3) is 43.6 Å². The molecule has 1 saturated heterocycles. The van der Waals surface area contributed by atoms with Crippen molar-refractivity contribution in [3.8, 4) is 17.3 Å². The number of benzene rings is 4. The van der Waals surface area contributed by atoms with Crippen LogP contribution in [-0.4, -0.2) is 28.1 Å². The van der Waals surface area contributed by atoms with Gasteiger partial charge in [-0.1, -0.05) is 36.8 Å². The number of nitrogens with zero attached hydrogens (tertiary/aromatic N) is 3. The third kappa shape index (κ3) is 4.48. The van der Waals surface area contributed by atoms with Crippen LogP contribution < -0.4 is 0 Å². The lowest BCUT2D eigenvalue weighted by Gasteiger charge is -2.25. The standard InChI is InChI=1S/C32H31N3O2/c33-21-29-28-20-26-17-23-9-4-3-8-22(23)16-25(26)19-27(28)18-24(10-2-1-6-14-36)32(29)30-12-13-34-35(30)31-11-5-7-15-37-31/h3-4,8-9,12-13,16-20,31,36H,1-2,5-7,10-11,14-15H2. The molecule has 1 N–H and O–H groups in total. The normalized spacial score (nSPS) is 15.9. The van der Waals surface area contributed by atoms with Crippen molar-refractivity contribution >= 4 is 32.3 Å². The largest absolute Gasteiger partial charge is 0.396 e. The number of ether oxygens (including phenoxy) is 1. The minimum Gasteiger partial charge on any atom is -0.396 e. The Morgan fingerprint density at radius 1 is 0.919 bits per heavy atom. The maximum absolute atomic E-state index is 10.6. The van der Waals surface area contributed by atoms with Crippen LogP contribution in [0, 0.1) is 11.3 Å². The fraction of sp³-hybridized carbons (Fsp3) is 0.312. The Hall–Kier alpha value is -3.72. The highest BCUT2D eigenvalue weighted by Crippen LogP contribution is 2.39. The first-order chi connectivity index (χ1) is 18.3. The monoisotopic (exact) mass is 489 g/mol. The van der Waals surface area contributed by atoms with Gasteiger partial charge in [0.05, 0.1) is 11.3 Å². The van der Waals surface area contributed by atoms with Crippen molar-refractivity contribution in [3.05, 3.63) is 78.0 Å². The summed E-state index contributed by atoms with van der Waals surface area (Å²) < 4.78 is 8.07. The molecule has 5 nitrogen and oxygen atoms in total. The quantitative estimate of drug-likeness (QED) is 0.193. The van der Waals surface area contributed by atoms with Gasteiger partial charge in [-0.3, -0.25) is 0 Å². The van der Waals surface area contributed by atoms with Crippen LogP contribution in [0.1, 0.15) is 55.9 Å². The molecule has 37 heavy (non-hydrogen) atoms. The summed E-state index contributed by atoms with van der Waals surface area (Å²) in [7, 11) is 0. The van der Waals surface area contributed by atoms with E-state index in [0.29, 0.717) is 5.56 Å². The second kappa shape index (κ2) is 10.3. The Kier molecular flexibility index (Phi) is 6.61. The molecule has 1 aliphatic rings. The Balaban J connectivity index is 1.57. The zero-order valence-corrected chi connectivity index (χ0v) is 21.0. The van der Waals surface area contributed by atoms with E-state index in [0.717, 1.165) is 84.5 Å². The molecular weight excluding hydrogens is 458 g/mol. The zero-order valence-electron chi connectivity index (χ0n) is 21.0. The maximum atomic E-state index is 10.6. The minimum atomic E-state index is -0.105. The number of rotatable bonds is 7. The molecule has 1 aliphatic heterocycles. The number of nitriles is 1. The van der Waals surface area contributed by atoms with Crippen molar-refractivity contribution in [3.63, 3.8) is 0 Å². The summed E-state index contributed by atoms with van der Waals surface area (Å²) in [4.78, 5) is 0. The Bertz CT molecular complexity index is 1620. The van der Waals surface area contributed by atoms with Gasteiger partial charge in [0.2, 0.25) is 0 Å². The van der Waals surface area contributed by atoms with Gasteiger partial charge in [0.1, 0.15) is 6.07 Å². The molecule has 0 bridgehead atoms. The van der Waals surface area contributed by atoms with Crippen molar-refractivity contribution in [2.45, 2.75) is 51.2 Å². The molecule has 0 spiro atoms. The molecule has 5 aromatic rings. The van der Waals surface area contributed by atoms with E-state index in [9.17, 15) is 10.4 Å².